The van der Waals surface area contributed by atoms with Crippen molar-refractivity contribution in [1.29, 1.82) is 0 Å². The number of nitrogens with one attached hydrogen (secondary N) is 1. The number of benzene rings is 1. The minimum Gasteiger partial charge on any atom is -0.319 e. The highest BCUT2D eigenvalue weighted by molar-refractivity contribution is 9.11. The van der Waals surface area contributed by atoms with Gasteiger partial charge in [0.25, 0.3) is 5.91 Å². The second-order valence-corrected chi connectivity index (χ2v) is 4.61. The Morgan fingerprint density at radius 1 is 1.29 bits per heavy atom. The van der Waals surface area contributed by atoms with Gasteiger partial charge in [0.2, 0.25) is 0 Å². The largest absolute Gasteiger partial charge is 0.352 e. The van der Waals surface area contributed by atoms with Gasteiger partial charge in [0, 0.05) is 8.95 Å². The van der Waals surface area contributed by atoms with Gasteiger partial charge in [-0.2, -0.15) is 8.78 Å². The van der Waals surface area contributed by atoms with Crippen molar-refractivity contribution in [2.24, 2.45) is 0 Å². The van der Waals surface area contributed by atoms with Crippen molar-refractivity contribution < 1.29 is 13.6 Å². The lowest BCUT2D eigenvalue weighted by Crippen LogP contribution is -2.23. The number of hydrogen-bond acceptors (Lipinski definition) is 1. The van der Waals surface area contributed by atoms with Gasteiger partial charge in [-0.1, -0.05) is 15.9 Å². The molecule has 0 saturated heterocycles. The first-order valence-corrected chi connectivity index (χ1v) is 5.20. The predicted molar refractivity (Wildman–Crippen MR) is 54.4 cm³/mol. The SMILES string of the molecule is O=C1Nc2c(Br)cc(Br)cc2C1(F)F. The van der Waals surface area contributed by atoms with E-state index < -0.39 is 11.8 Å². The van der Waals surface area contributed by atoms with E-state index in [-0.39, 0.29) is 11.3 Å². The van der Waals surface area contributed by atoms with E-state index in [0.29, 0.717) is 8.95 Å². The van der Waals surface area contributed by atoms with Crippen molar-refractivity contribution in [3.63, 3.8) is 0 Å². The van der Waals surface area contributed by atoms with Gasteiger partial charge >= 0.3 is 5.92 Å². The summed E-state index contributed by atoms with van der Waals surface area (Å²) in [6.45, 7) is 0. The van der Waals surface area contributed by atoms with Crippen LogP contribution < -0.4 is 5.32 Å². The van der Waals surface area contributed by atoms with Gasteiger partial charge in [-0.05, 0) is 28.1 Å². The topological polar surface area (TPSA) is 29.1 Å². The zero-order valence-corrected chi connectivity index (χ0v) is 9.75. The molecule has 0 unspecified atom stereocenters. The number of carbonyl (C=O) groups is 1. The Hall–Kier alpha value is -0.490. The molecule has 0 aromatic heterocycles. The van der Waals surface area contributed by atoms with Gasteiger partial charge < -0.3 is 5.32 Å². The minimum absolute atomic E-state index is 0.142. The number of carbonyl (C=O) groups excluding carboxylic acids is 1. The number of fused-ring (bicyclic) bond motifs is 1. The number of alkyl halides is 2. The van der Waals surface area contributed by atoms with Crippen LogP contribution in [-0.2, 0) is 10.7 Å². The first-order valence-electron chi connectivity index (χ1n) is 3.61. The standard InChI is InChI=1S/C8H3Br2F2NO/c9-3-1-4-6(5(10)2-3)13-7(14)8(4,11)12/h1-2H,(H,13,14). The Morgan fingerprint density at radius 3 is 2.57 bits per heavy atom. The fourth-order valence-electron chi connectivity index (χ4n) is 1.26. The minimum atomic E-state index is -3.44. The maximum atomic E-state index is 13.2. The van der Waals surface area contributed by atoms with Crippen molar-refractivity contribution >= 4 is 43.5 Å². The molecule has 1 aromatic carbocycles. The molecule has 2 nitrogen and oxygen atoms in total. The highest BCUT2D eigenvalue weighted by atomic mass is 79.9. The molecule has 0 fully saturated rings. The Bertz CT molecular complexity index is 434. The van der Waals surface area contributed by atoms with Crippen molar-refractivity contribution in [3.8, 4) is 0 Å². The molecule has 74 valence electrons. The van der Waals surface area contributed by atoms with Gasteiger partial charge in [0.05, 0.1) is 11.3 Å². The van der Waals surface area contributed by atoms with Gasteiger partial charge in [-0.25, -0.2) is 0 Å². The molecule has 0 saturated carbocycles. The summed E-state index contributed by atoms with van der Waals surface area (Å²) in [5, 5.41) is 2.13. The predicted octanol–water partition coefficient (Wildman–Crippen LogP) is 3.26. The molecule has 0 bridgehead atoms. The quantitative estimate of drug-likeness (QED) is 0.779. The normalized spacial score (nSPS) is 17.9. The smallest absolute Gasteiger partial charge is 0.319 e. The summed E-state index contributed by atoms with van der Waals surface area (Å²) >= 11 is 6.18. The van der Waals surface area contributed by atoms with Crippen molar-refractivity contribution in [2.75, 3.05) is 5.32 Å². The molecular weight excluding hydrogens is 324 g/mol. The second-order valence-electron chi connectivity index (χ2n) is 2.84. The van der Waals surface area contributed by atoms with E-state index in [9.17, 15) is 13.6 Å². The van der Waals surface area contributed by atoms with Crippen molar-refractivity contribution in [3.05, 3.63) is 26.6 Å². The van der Waals surface area contributed by atoms with Gasteiger partial charge in [-0.3, -0.25) is 4.79 Å². The van der Waals surface area contributed by atoms with Crippen LogP contribution in [0.3, 0.4) is 0 Å². The highest BCUT2D eigenvalue weighted by Gasteiger charge is 2.49. The second kappa shape index (κ2) is 3.00. The van der Waals surface area contributed by atoms with Crippen molar-refractivity contribution in [1.82, 2.24) is 0 Å². The van der Waals surface area contributed by atoms with E-state index in [1.54, 1.807) is 6.07 Å². The Morgan fingerprint density at radius 2 is 1.93 bits per heavy atom. The third kappa shape index (κ3) is 1.28. The number of amides is 1. The van der Waals surface area contributed by atoms with E-state index in [1.807, 2.05) is 0 Å². The molecule has 2 rings (SSSR count). The van der Waals surface area contributed by atoms with Crippen LogP contribution in [0.4, 0.5) is 14.5 Å². The highest BCUT2D eigenvalue weighted by Crippen LogP contribution is 2.45. The van der Waals surface area contributed by atoms with E-state index in [4.69, 9.17) is 0 Å². The third-order valence-corrected chi connectivity index (χ3v) is 3.00. The summed E-state index contributed by atoms with van der Waals surface area (Å²) in [5.74, 6) is -4.73. The summed E-state index contributed by atoms with van der Waals surface area (Å²) in [6, 6.07) is 2.83. The molecule has 1 amide bonds. The zero-order chi connectivity index (χ0) is 10.5. The lowest BCUT2D eigenvalue weighted by atomic mass is 10.1. The Kier molecular flexibility index (Phi) is 2.15. The van der Waals surface area contributed by atoms with Crippen LogP contribution in [0.1, 0.15) is 5.56 Å². The molecule has 1 aliphatic rings. The fraction of sp³-hybridized carbons (Fsp3) is 0.125. The number of anilines is 1. The molecular formula is C8H3Br2F2NO. The van der Waals surface area contributed by atoms with Crippen molar-refractivity contribution in [2.45, 2.75) is 5.92 Å². The van der Waals surface area contributed by atoms with E-state index in [0.717, 1.165) is 0 Å². The average molecular weight is 327 g/mol. The molecule has 1 aliphatic heterocycles. The lowest BCUT2D eigenvalue weighted by Gasteiger charge is -2.06. The van der Waals surface area contributed by atoms with Crippen LogP contribution in [0.2, 0.25) is 0 Å². The van der Waals surface area contributed by atoms with Gasteiger partial charge in [-0.15, -0.1) is 0 Å². The zero-order valence-electron chi connectivity index (χ0n) is 6.57. The molecule has 0 atom stereocenters. The van der Waals surface area contributed by atoms with E-state index >= 15 is 0 Å². The molecule has 6 heteroatoms. The first-order chi connectivity index (χ1) is 6.43. The monoisotopic (exact) mass is 325 g/mol. The Labute approximate surface area is 94.9 Å². The summed E-state index contributed by atoms with van der Waals surface area (Å²) in [6.07, 6.45) is 0. The van der Waals surface area contributed by atoms with Gasteiger partial charge in [0.1, 0.15) is 0 Å². The first kappa shape index (κ1) is 10.0. The van der Waals surface area contributed by atoms with Crippen LogP contribution >= 0.6 is 31.9 Å². The molecule has 1 aromatic rings. The van der Waals surface area contributed by atoms with Crippen LogP contribution in [0.5, 0.6) is 0 Å². The molecule has 0 radical (unpaired) electrons. The average Bonchev–Trinajstić information content (AvgIpc) is 2.28. The molecule has 0 spiro atoms. The maximum Gasteiger partial charge on any atom is 0.352 e. The number of hydrogen-bond donors (Lipinski definition) is 1. The lowest BCUT2D eigenvalue weighted by molar-refractivity contribution is -0.139. The Balaban J connectivity index is 2.71. The maximum absolute atomic E-state index is 13.2. The van der Waals surface area contributed by atoms with Crippen LogP contribution in [-0.4, -0.2) is 5.91 Å². The summed E-state index contributed by atoms with van der Waals surface area (Å²) in [5.41, 5.74) is -0.160. The third-order valence-electron chi connectivity index (χ3n) is 1.92. The summed E-state index contributed by atoms with van der Waals surface area (Å²) < 4.78 is 27.4. The van der Waals surface area contributed by atoms with Crippen LogP contribution in [0, 0.1) is 0 Å². The number of halogens is 4. The van der Waals surface area contributed by atoms with Gasteiger partial charge in [0.15, 0.2) is 0 Å². The summed E-state index contributed by atoms with van der Waals surface area (Å²) in [4.78, 5) is 10.9. The van der Waals surface area contributed by atoms with Crippen LogP contribution in [0.15, 0.2) is 21.1 Å². The molecule has 1 N–H and O–H groups in total. The van der Waals surface area contributed by atoms with E-state index in [1.165, 1.54) is 6.07 Å². The number of rotatable bonds is 0. The van der Waals surface area contributed by atoms with E-state index in [2.05, 4.69) is 37.2 Å². The van der Waals surface area contributed by atoms with Crippen LogP contribution in [0.25, 0.3) is 0 Å². The summed E-state index contributed by atoms with van der Waals surface area (Å²) in [7, 11) is 0. The molecule has 0 aliphatic carbocycles. The molecule has 14 heavy (non-hydrogen) atoms. The molecule has 1 heterocycles. The fourth-order valence-corrected chi connectivity index (χ4v) is 2.59.